The lowest BCUT2D eigenvalue weighted by molar-refractivity contribution is 0.0944. The highest BCUT2D eigenvalue weighted by Crippen LogP contribution is 2.31. The number of hydrogen-bond donors (Lipinski definition) is 2. The van der Waals surface area contributed by atoms with E-state index < -0.39 is 0 Å². The molecule has 2 aromatic rings. The zero-order valence-electron chi connectivity index (χ0n) is 14.7. The van der Waals surface area contributed by atoms with Crippen molar-refractivity contribution in [1.82, 2.24) is 15.1 Å². The third-order valence-electron chi connectivity index (χ3n) is 4.78. The van der Waals surface area contributed by atoms with Crippen molar-refractivity contribution in [2.75, 3.05) is 6.54 Å². The minimum Gasteiger partial charge on any atom is -0.349 e. The quantitative estimate of drug-likeness (QED) is 0.719. The van der Waals surface area contributed by atoms with Crippen LogP contribution in [0.4, 0.5) is 0 Å². The molecular weight excluding hydrogens is 316 g/mol. The van der Waals surface area contributed by atoms with Crippen LogP contribution in [0, 0.1) is 5.92 Å². The summed E-state index contributed by atoms with van der Waals surface area (Å²) in [4.78, 5) is 25.3. The molecule has 1 heterocycles. The highest BCUT2D eigenvalue weighted by atomic mass is 16.2. The van der Waals surface area contributed by atoms with Gasteiger partial charge in [-0.1, -0.05) is 38.0 Å². The summed E-state index contributed by atoms with van der Waals surface area (Å²) in [5.41, 5.74) is 6.22. The Kier molecular flexibility index (Phi) is 5.48. The maximum absolute atomic E-state index is 12.7. The largest absolute Gasteiger partial charge is 0.349 e. The van der Waals surface area contributed by atoms with Gasteiger partial charge in [-0.05, 0) is 31.2 Å². The monoisotopic (exact) mass is 342 g/mol. The van der Waals surface area contributed by atoms with E-state index in [4.69, 9.17) is 5.73 Å². The smallest absolute Gasteiger partial charge is 0.274 e. The first kappa shape index (κ1) is 17.6. The molecule has 1 atom stereocenters. The third-order valence-corrected chi connectivity index (χ3v) is 4.78. The van der Waals surface area contributed by atoms with Gasteiger partial charge in [-0.3, -0.25) is 9.59 Å². The van der Waals surface area contributed by atoms with Crippen LogP contribution in [-0.4, -0.2) is 28.3 Å². The van der Waals surface area contributed by atoms with Crippen LogP contribution in [0.3, 0.4) is 0 Å². The van der Waals surface area contributed by atoms with E-state index in [2.05, 4.69) is 17.3 Å². The fourth-order valence-corrected chi connectivity index (χ4v) is 3.05. The molecular formula is C19H26N4O2. The molecule has 0 radical (unpaired) electrons. The van der Waals surface area contributed by atoms with E-state index in [1.807, 2.05) is 12.1 Å². The number of benzene rings is 1. The van der Waals surface area contributed by atoms with Gasteiger partial charge in [0.1, 0.15) is 0 Å². The van der Waals surface area contributed by atoms with Crippen molar-refractivity contribution in [3.63, 3.8) is 0 Å². The summed E-state index contributed by atoms with van der Waals surface area (Å²) >= 11 is 0. The lowest BCUT2D eigenvalue weighted by Crippen LogP contribution is -2.39. The van der Waals surface area contributed by atoms with E-state index in [-0.39, 0.29) is 17.5 Å². The van der Waals surface area contributed by atoms with Crippen LogP contribution in [0.25, 0.3) is 10.8 Å². The second-order valence-corrected chi connectivity index (χ2v) is 6.84. The summed E-state index contributed by atoms with van der Waals surface area (Å²) in [7, 11) is 0. The Labute approximate surface area is 147 Å². The standard InChI is InChI=1S/C19H26N4O2/c1-2-3-6-11-23-19(25)15-8-5-4-7-14(15)17(22-23)18(24)21-12-16(20)13-9-10-13/h4-5,7-8,13,16H,2-3,6,9-12,20H2,1H3,(H,21,24). The van der Waals surface area contributed by atoms with E-state index in [1.54, 1.807) is 12.1 Å². The summed E-state index contributed by atoms with van der Waals surface area (Å²) < 4.78 is 1.42. The van der Waals surface area contributed by atoms with Gasteiger partial charge in [0.25, 0.3) is 11.5 Å². The van der Waals surface area contributed by atoms with Crippen molar-refractivity contribution in [1.29, 1.82) is 0 Å². The topological polar surface area (TPSA) is 90.0 Å². The molecule has 1 fully saturated rings. The van der Waals surface area contributed by atoms with Crippen LogP contribution in [0.15, 0.2) is 29.1 Å². The SMILES string of the molecule is CCCCCn1nc(C(=O)NCC(N)C2CC2)c2ccccc2c1=O. The van der Waals surface area contributed by atoms with Gasteiger partial charge in [-0.25, -0.2) is 4.68 Å². The number of unbranched alkanes of at least 4 members (excludes halogenated alkanes) is 2. The Morgan fingerprint density at radius 2 is 2.04 bits per heavy atom. The van der Waals surface area contributed by atoms with Crippen molar-refractivity contribution < 1.29 is 4.79 Å². The highest BCUT2D eigenvalue weighted by Gasteiger charge is 2.29. The fraction of sp³-hybridized carbons (Fsp3) is 0.526. The fourth-order valence-electron chi connectivity index (χ4n) is 3.05. The van der Waals surface area contributed by atoms with Gasteiger partial charge in [0.2, 0.25) is 0 Å². The second kappa shape index (κ2) is 7.78. The van der Waals surface area contributed by atoms with Crippen LogP contribution in [0.1, 0.15) is 49.5 Å². The van der Waals surface area contributed by atoms with Crippen LogP contribution in [0.5, 0.6) is 0 Å². The molecule has 0 saturated heterocycles. The molecule has 0 bridgehead atoms. The average molecular weight is 342 g/mol. The Morgan fingerprint density at radius 1 is 1.32 bits per heavy atom. The number of nitrogens with two attached hydrogens (primary N) is 1. The molecule has 6 nitrogen and oxygen atoms in total. The number of nitrogens with one attached hydrogen (secondary N) is 1. The van der Waals surface area contributed by atoms with Crippen LogP contribution in [-0.2, 0) is 6.54 Å². The number of carbonyl (C=O) groups excluding carboxylic acids is 1. The molecule has 1 amide bonds. The highest BCUT2D eigenvalue weighted by molar-refractivity contribution is 6.04. The number of aromatic nitrogens is 2. The van der Waals surface area contributed by atoms with Crippen LogP contribution < -0.4 is 16.6 Å². The first-order valence-corrected chi connectivity index (χ1v) is 9.15. The lowest BCUT2D eigenvalue weighted by atomic mass is 10.1. The second-order valence-electron chi connectivity index (χ2n) is 6.84. The van der Waals surface area contributed by atoms with E-state index in [0.29, 0.717) is 35.5 Å². The maximum atomic E-state index is 12.7. The molecule has 1 aromatic heterocycles. The van der Waals surface area contributed by atoms with Gasteiger partial charge in [0, 0.05) is 24.5 Å². The lowest BCUT2D eigenvalue weighted by Gasteiger charge is -2.13. The van der Waals surface area contributed by atoms with Crippen LogP contribution >= 0.6 is 0 Å². The van der Waals surface area contributed by atoms with Crippen molar-refractivity contribution >= 4 is 16.7 Å². The van der Waals surface area contributed by atoms with Gasteiger partial charge < -0.3 is 11.1 Å². The summed E-state index contributed by atoms with van der Waals surface area (Å²) in [6.07, 6.45) is 5.24. The van der Waals surface area contributed by atoms with Crippen LogP contribution in [0.2, 0.25) is 0 Å². The molecule has 1 aliphatic carbocycles. The van der Waals surface area contributed by atoms with Gasteiger partial charge in [-0.2, -0.15) is 5.10 Å². The van der Waals surface area contributed by atoms with Crippen molar-refractivity contribution in [2.24, 2.45) is 11.7 Å². The molecule has 1 unspecified atom stereocenters. The van der Waals surface area contributed by atoms with Gasteiger partial charge in [0.15, 0.2) is 5.69 Å². The molecule has 0 aliphatic heterocycles. The Morgan fingerprint density at radius 3 is 2.72 bits per heavy atom. The molecule has 3 rings (SSSR count). The Hall–Kier alpha value is -2.21. The normalized spacial score (nSPS) is 15.3. The first-order valence-electron chi connectivity index (χ1n) is 9.15. The third kappa shape index (κ3) is 4.07. The zero-order valence-corrected chi connectivity index (χ0v) is 14.7. The number of aryl methyl sites for hydroxylation is 1. The summed E-state index contributed by atoms with van der Waals surface area (Å²) in [5, 5.41) is 8.37. The summed E-state index contributed by atoms with van der Waals surface area (Å²) in [6, 6.07) is 7.14. The minimum atomic E-state index is -0.267. The predicted molar refractivity (Wildman–Crippen MR) is 98.6 cm³/mol. The molecule has 6 heteroatoms. The summed E-state index contributed by atoms with van der Waals surface area (Å²) in [6.45, 7) is 3.08. The minimum absolute atomic E-state index is 0.00864. The molecule has 1 saturated carbocycles. The number of fused-ring (bicyclic) bond motifs is 1. The predicted octanol–water partition coefficient (Wildman–Crippen LogP) is 2.05. The van der Waals surface area contributed by atoms with E-state index >= 15 is 0 Å². The van der Waals surface area contributed by atoms with Crippen molar-refractivity contribution in [3.05, 3.63) is 40.3 Å². The van der Waals surface area contributed by atoms with Gasteiger partial charge in [0.05, 0.1) is 5.39 Å². The zero-order chi connectivity index (χ0) is 17.8. The van der Waals surface area contributed by atoms with Gasteiger partial charge in [-0.15, -0.1) is 0 Å². The van der Waals surface area contributed by atoms with E-state index in [1.165, 1.54) is 4.68 Å². The maximum Gasteiger partial charge on any atom is 0.274 e. The van der Waals surface area contributed by atoms with Crippen molar-refractivity contribution in [3.8, 4) is 0 Å². The number of nitrogens with zero attached hydrogens (tertiary/aromatic N) is 2. The molecule has 25 heavy (non-hydrogen) atoms. The number of carbonyl (C=O) groups is 1. The van der Waals surface area contributed by atoms with Crippen molar-refractivity contribution in [2.45, 2.75) is 51.6 Å². The molecule has 0 spiro atoms. The Balaban J connectivity index is 1.87. The van der Waals surface area contributed by atoms with E-state index in [0.717, 1.165) is 32.1 Å². The number of amides is 1. The molecule has 134 valence electrons. The molecule has 1 aromatic carbocycles. The molecule has 1 aliphatic rings. The Bertz CT molecular complexity index is 811. The summed E-state index contributed by atoms with van der Waals surface area (Å²) in [5.74, 6) is 0.254. The number of rotatable bonds is 8. The van der Waals surface area contributed by atoms with E-state index in [9.17, 15) is 9.59 Å². The number of hydrogen-bond acceptors (Lipinski definition) is 4. The first-order chi connectivity index (χ1) is 12.1. The molecule has 3 N–H and O–H groups in total. The average Bonchev–Trinajstić information content (AvgIpc) is 3.47. The van der Waals surface area contributed by atoms with Gasteiger partial charge >= 0.3 is 0 Å².